The summed E-state index contributed by atoms with van der Waals surface area (Å²) in [5, 5.41) is 16.9. The average Bonchev–Trinajstić information content (AvgIpc) is 3.01. The fourth-order valence-electron chi connectivity index (χ4n) is 3.19. The number of hydrogen-bond donors (Lipinski definition) is 1. The second-order valence-corrected chi connectivity index (χ2v) is 6.39. The minimum atomic E-state index is 0.390. The molecule has 3 aromatic rings. The Hall–Kier alpha value is -2.27. The molecule has 1 fully saturated rings. The topological polar surface area (TPSA) is 55.1 Å². The minimum Gasteiger partial charge on any atom is -0.316 e. The summed E-state index contributed by atoms with van der Waals surface area (Å²) in [7, 11) is 0. The molecule has 1 saturated heterocycles. The van der Waals surface area contributed by atoms with Crippen molar-refractivity contribution < 1.29 is 0 Å². The van der Waals surface area contributed by atoms with Crippen molar-refractivity contribution in [1.82, 2.24) is 25.1 Å². The van der Waals surface area contributed by atoms with E-state index in [0.717, 1.165) is 42.2 Å². The van der Waals surface area contributed by atoms with Gasteiger partial charge in [-0.2, -0.15) is 9.61 Å². The average molecular weight is 307 g/mol. The molecule has 1 aliphatic heterocycles. The van der Waals surface area contributed by atoms with E-state index in [0.29, 0.717) is 5.92 Å². The van der Waals surface area contributed by atoms with E-state index in [9.17, 15) is 0 Å². The zero-order valence-corrected chi connectivity index (χ0v) is 13.6. The largest absolute Gasteiger partial charge is 0.316 e. The molecular formula is C18H21N5. The molecule has 0 saturated carbocycles. The number of hydrogen-bond acceptors (Lipinski definition) is 4. The lowest BCUT2D eigenvalue weighted by atomic mass is 9.99. The number of nitrogens with zero attached hydrogens (tertiary/aromatic N) is 4. The fraction of sp³-hybridized carbons (Fsp3) is 0.389. The Morgan fingerprint density at radius 1 is 1.09 bits per heavy atom. The van der Waals surface area contributed by atoms with E-state index >= 15 is 0 Å². The molecule has 4 rings (SSSR count). The number of benzene rings is 1. The van der Waals surface area contributed by atoms with Crippen LogP contribution in [0, 0.1) is 13.8 Å². The number of piperidine rings is 1. The van der Waals surface area contributed by atoms with Crippen molar-refractivity contribution in [2.75, 3.05) is 13.1 Å². The Bertz CT molecular complexity index is 846. The van der Waals surface area contributed by atoms with Crippen molar-refractivity contribution in [1.29, 1.82) is 0 Å². The van der Waals surface area contributed by atoms with Gasteiger partial charge in [0.15, 0.2) is 11.5 Å². The molecule has 3 heterocycles. The van der Waals surface area contributed by atoms with E-state index in [2.05, 4.69) is 47.6 Å². The molecular weight excluding hydrogens is 286 g/mol. The maximum Gasteiger partial charge on any atom is 0.177 e. The highest BCUT2D eigenvalue weighted by atomic mass is 15.4. The van der Waals surface area contributed by atoms with Crippen LogP contribution in [0.3, 0.4) is 0 Å². The zero-order chi connectivity index (χ0) is 15.8. The molecule has 0 spiro atoms. The highest BCUT2D eigenvalue weighted by Gasteiger charge is 2.21. The molecule has 5 nitrogen and oxygen atoms in total. The predicted molar refractivity (Wildman–Crippen MR) is 90.5 cm³/mol. The Morgan fingerprint density at radius 3 is 2.78 bits per heavy atom. The van der Waals surface area contributed by atoms with Gasteiger partial charge < -0.3 is 5.32 Å². The summed E-state index contributed by atoms with van der Waals surface area (Å²) in [6, 6.07) is 10.5. The van der Waals surface area contributed by atoms with Crippen LogP contribution < -0.4 is 5.32 Å². The van der Waals surface area contributed by atoms with Crippen LogP contribution in [0.2, 0.25) is 0 Å². The smallest absolute Gasteiger partial charge is 0.177 e. The lowest BCUT2D eigenvalue weighted by Gasteiger charge is -2.20. The molecule has 0 aliphatic carbocycles. The molecule has 23 heavy (non-hydrogen) atoms. The SMILES string of the molecule is Cc1ccc(-c2ccc3nnc(C4CCCNC4)n3n2)cc1C. The first-order valence-corrected chi connectivity index (χ1v) is 8.23. The molecule has 5 heteroatoms. The second kappa shape index (κ2) is 5.74. The number of rotatable bonds is 2. The first kappa shape index (κ1) is 14.3. The highest BCUT2D eigenvalue weighted by molar-refractivity contribution is 5.62. The quantitative estimate of drug-likeness (QED) is 0.791. The molecule has 1 aliphatic rings. The number of aryl methyl sites for hydroxylation is 2. The lowest BCUT2D eigenvalue weighted by Crippen LogP contribution is -2.29. The van der Waals surface area contributed by atoms with Crippen LogP contribution in [0.25, 0.3) is 16.9 Å². The normalized spacial score (nSPS) is 18.4. The third-order valence-electron chi connectivity index (χ3n) is 4.75. The summed E-state index contributed by atoms with van der Waals surface area (Å²) in [6.45, 7) is 6.31. The maximum atomic E-state index is 4.82. The lowest BCUT2D eigenvalue weighted by molar-refractivity contribution is 0.440. The zero-order valence-electron chi connectivity index (χ0n) is 13.6. The molecule has 1 aromatic carbocycles. The summed E-state index contributed by atoms with van der Waals surface area (Å²) < 4.78 is 1.92. The van der Waals surface area contributed by atoms with Crippen LogP contribution in [0.15, 0.2) is 30.3 Å². The van der Waals surface area contributed by atoms with Crippen molar-refractivity contribution in [3.8, 4) is 11.3 Å². The third kappa shape index (κ3) is 2.61. The summed E-state index contributed by atoms with van der Waals surface area (Å²) in [5.41, 5.74) is 5.50. The van der Waals surface area contributed by atoms with Gasteiger partial charge in [-0.15, -0.1) is 10.2 Å². The van der Waals surface area contributed by atoms with E-state index in [-0.39, 0.29) is 0 Å². The van der Waals surface area contributed by atoms with Gasteiger partial charge in [-0.25, -0.2) is 0 Å². The number of aromatic nitrogens is 4. The molecule has 118 valence electrons. The van der Waals surface area contributed by atoms with Gasteiger partial charge in [0.05, 0.1) is 5.69 Å². The van der Waals surface area contributed by atoms with Crippen molar-refractivity contribution in [2.45, 2.75) is 32.6 Å². The summed E-state index contributed by atoms with van der Waals surface area (Å²) in [4.78, 5) is 0. The van der Waals surface area contributed by atoms with Crippen molar-refractivity contribution in [2.24, 2.45) is 0 Å². The van der Waals surface area contributed by atoms with Crippen LogP contribution in [0.5, 0.6) is 0 Å². The Morgan fingerprint density at radius 2 is 2.00 bits per heavy atom. The van der Waals surface area contributed by atoms with Crippen LogP contribution in [-0.4, -0.2) is 32.9 Å². The highest BCUT2D eigenvalue weighted by Crippen LogP contribution is 2.24. The van der Waals surface area contributed by atoms with Crippen molar-refractivity contribution in [3.63, 3.8) is 0 Å². The molecule has 0 bridgehead atoms. The minimum absolute atomic E-state index is 0.390. The third-order valence-corrected chi connectivity index (χ3v) is 4.75. The molecule has 1 unspecified atom stereocenters. The standard InChI is InChI=1S/C18H21N5/c1-12-5-6-14(10-13(12)2)16-7-8-17-20-21-18(23(17)22-16)15-4-3-9-19-11-15/h5-8,10,15,19H,3-4,9,11H2,1-2H3. The second-order valence-electron chi connectivity index (χ2n) is 6.39. The fourth-order valence-corrected chi connectivity index (χ4v) is 3.19. The summed E-state index contributed by atoms with van der Waals surface area (Å²) >= 11 is 0. The summed E-state index contributed by atoms with van der Waals surface area (Å²) in [6.07, 6.45) is 2.32. The van der Waals surface area contributed by atoms with Gasteiger partial charge in [0.25, 0.3) is 0 Å². The van der Waals surface area contributed by atoms with Crippen LogP contribution in [-0.2, 0) is 0 Å². The molecule has 1 N–H and O–H groups in total. The van der Waals surface area contributed by atoms with Gasteiger partial charge in [0, 0.05) is 18.0 Å². The van der Waals surface area contributed by atoms with Crippen LogP contribution >= 0.6 is 0 Å². The van der Waals surface area contributed by atoms with Gasteiger partial charge in [0.1, 0.15) is 0 Å². The van der Waals surface area contributed by atoms with Gasteiger partial charge in [0.2, 0.25) is 0 Å². The molecule has 0 radical (unpaired) electrons. The molecule has 0 amide bonds. The Labute approximate surface area is 135 Å². The van der Waals surface area contributed by atoms with Crippen molar-refractivity contribution in [3.05, 3.63) is 47.3 Å². The van der Waals surface area contributed by atoms with Crippen LogP contribution in [0.1, 0.15) is 35.7 Å². The number of nitrogens with one attached hydrogen (secondary N) is 1. The molecule has 2 aromatic heterocycles. The first-order valence-electron chi connectivity index (χ1n) is 8.23. The Balaban J connectivity index is 1.78. The van der Waals surface area contributed by atoms with Gasteiger partial charge in [-0.3, -0.25) is 0 Å². The van der Waals surface area contributed by atoms with E-state index in [4.69, 9.17) is 5.10 Å². The van der Waals surface area contributed by atoms with Crippen molar-refractivity contribution >= 4 is 5.65 Å². The van der Waals surface area contributed by atoms with Gasteiger partial charge >= 0.3 is 0 Å². The Kier molecular flexibility index (Phi) is 3.58. The first-order chi connectivity index (χ1) is 11.2. The van der Waals surface area contributed by atoms with E-state index < -0.39 is 0 Å². The number of fused-ring (bicyclic) bond motifs is 1. The summed E-state index contributed by atoms with van der Waals surface area (Å²) in [5.74, 6) is 1.36. The molecule has 1 atom stereocenters. The van der Waals surface area contributed by atoms with E-state index in [1.54, 1.807) is 0 Å². The van der Waals surface area contributed by atoms with Crippen LogP contribution in [0.4, 0.5) is 0 Å². The monoisotopic (exact) mass is 307 g/mol. The van der Waals surface area contributed by atoms with E-state index in [1.807, 2.05) is 16.6 Å². The van der Waals surface area contributed by atoms with E-state index in [1.165, 1.54) is 17.5 Å². The maximum absolute atomic E-state index is 4.82. The van der Waals surface area contributed by atoms with Gasteiger partial charge in [-0.1, -0.05) is 12.1 Å². The predicted octanol–water partition coefficient (Wildman–Crippen LogP) is 2.88. The van der Waals surface area contributed by atoms with Gasteiger partial charge in [-0.05, 0) is 62.6 Å².